The molecule has 1 atom stereocenters. The fourth-order valence-electron chi connectivity index (χ4n) is 3.35. The first-order valence-corrected chi connectivity index (χ1v) is 8.49. The summed E-state index contributed by atoms with van der Waals surface area (Å²) in [5.41, 5.74) is 0.0468. The van der Waals surface area contributed by atoms with Gasteiger partial charge < -0.3 is 10.6 Å². The van der Waals surface area contributed by atoms with Gasteiger partial charge in [0.05, 0.1) is 11.9 Å². The van der Waals surface area contributed by atoms with Crippen LogP contribution in [0.5, 0.6) is 0 Å². The Labute approximate surface area is 130 Å². The molecule has 0 saturated heterocycles. The smallest absolute Gasteiger partial charge is 0.158 e. The third kappa shape index (κ3) is 4.49. The van der Waals surface area contributed by atoms with E-state index in [0.717, 1.165) is 18.7 Å². The van der Waals surface area contributed by atoms with E-state index in [2.05, 4.69) is 44.9 Å². The summed E-state index contributed by atoms with van der Waals surface area (Å²) in [7, 11) is 0. The Kier molecular flexibility index (Phi) is 4.69. The van der Waals surface area contributed by atoms with Crippen molar-refractivity contribution in [2.24, 2.45) is 11.3 Å². The highest BCUT2D eigenvalue weighted by atomic mass is 16.1. The SMILES string of the molecule is C=C(NC(C(=O)C1CC1)C(C)(C)C)NC1(C)CCCCC1. The van der Waals surface area contributed by atoms with Gasteiger partial charge in [0.25, 0.3) is 0 Å². The molecule has 2 aliphatic carbocycles. The molecule has 2 N–H and O–H groups in total. The zero-order valence-electron chi connectivity index (χ0n) is 14.2. The molecule has 120 valence electrons. The summed E-state index contributed by atoms with van der Waals surface area (Å²) in [6.07, 6.45) is 8.38. The molecule has 21 heavy (non-hydrogen) atoms. The van der Waals surface area contributed by atoms with Crippen LogP contribution in [-0.4, -0.2) is 17.4 Å². The van der Waals surface area contributed by atoms with Gasteiger partial charge in [-0.25, -0.2) is 0 Å². The van der Waals surface area contributed by atoms with Gasteiger partial charge in [0, 0.05) is 11.5 Å². The first-order chi connectivity index (χ1) is 9.71. The molecule has 0 aromatic rings. The van der Waals surface area contributed by atoms with Crippen LogP contribution in [-0.2, 0) is 4.79 Å². The van der Waals surface area contributed by atoms with Crippen LogP contribution in [0.1, 0.15) is 72.6 Å². The van der Waals surface area contributed by atoms with Crippen LogP contribution < -0.4 is 10.6 Å². The van der Waals surface area contributed by atoms with Crippen molar-refractivity contribution in [3.63, 3.8) is 0 Å². The number of hydrogen-bond donors (Lipinski definition) is 2. The van der Waals surface area contributed by atoms with E-state index in [4.69, 9.17) is 0 Å². The van der Waals surface area contributed by atoms with Crippen LogP contribution in [0, 0.1) is 11.3 Å². The molecular weight excluding hydrogens is 260 g/mol. The first-order valence-electron chi connectivity index (χ1n) is 8.49. The molecule has 2 rings (SSSR count). The minimum atomic E-state index is -0.141. The lowest BCUT2D eigenvalue weighted by Crippen LogP contribution is -2.53. The van der Waals surface area contributed by atoms with E-state index in [1.54, 1.807) is 0 Å². The highest BCUT2D eigenvalue weighted by molar-refractivity contribution is 5.89. The number of carbonyl (C=O) groups excluding carboxylic acids is 1. The fraction of sp³-hybridized carbons (Fsp3) is 0.833. The van der Waals surface area contributed by atoms with Crippen LogP contribution in [0.3, 0.4) is 0 Å². The maximum absolute atomic E-state index is 12.5. The standard InChI is InChI=1S/C18H32N2O/c1-13(20-18(5)11-7-6-8-12-18)19-16(17(2,3)4)15(21)14-9-10-14/h14,16,19-20H,1,6-12H2,2-5H3. The van der Waals surface area contributed by atoms with E-state index >= 15 is 0 Å². The monoisotopic (exact) mass is 292 g/mol. The molecule has 0 amide bonds. The average molecular weight is 292 g/mol. The summed E-state index contributed by atoms with van der Waals surface area (Å²) in [6, 6.07) is -0.141. The lowest BCUT2D eigenvalue weighted by Gasteiger charge is -2.39. The number of hydrogen-bond acceptors (Lipinski definition) is 3. The number of carbonyl (C=O) groups is 1. The fourth-order valence-corrected chi connectivity index (χ4v) is 3.35. The second-order valence-electron chi connectivity index (χ2n) is 8.34. The van der Waals surface area contributed by atoms with Gasteiger partial charge in [-0.1, -0.05) is 46.6 Å². The van der Waals surface area contributed by atoms with Crippen LogP contribution in [0.15, 0.2) is 12.4 Å². The van der Waals surface area contributed by atoms with Crippen molar-refractivity contribution in [3.05, 3.63) is 12.4 Å². The average Bonchev–Trinajstić information content (AvgIpc) is 3.18. The molecule has 3 heteroatoms. The Balaban J connectivity index is 1.96. The van der Waals surface area contributed by atoms with Crippen LogP contribution in [0.2, 0.25) is 0 Å². The van der Waals surface area contributed by atoms with Gasteiger partial charge in [-0.3, -0.25) is 4.79 Å². The van der Waals surface area contributed by atoms with Gasteiger partial charge in [-0.15, -0.1) is 0 Å². The largest absolute Gasteiger partial charge is 0.367 e. The Morgan fingerprint density at radius 3 is 2.24 bits per heavy atom. The van der Waals surface area contributed by atoms with Crippen LogP contribution >= 0.6 is 0 Å². The van der Waals surface area contributed by atoms with Crippen molar-refractivity contribution in [3.8, 4) is 0 Å². The molecule has 0 aromatic heterocycles. The van der Waals surface area contributed by atoms with Gasteiger partial charge in [0.1, 0.15) is 0 Å². The van der Waals surface area contributed by atoms with Crippen molar-refractivity contribution in [2.75, 3.05) is 0 Å². The predicted octanol–water partition coefficient (Wildman–Crippen LogP) is 3.75. The summed E-state index contributed by atoms with van der Waals surface area (Å²) in [5, 5.41) is 6.95. The normalized spacial score (nSPS) is 23.2. The predicted molar refractivity (Wildman–Crippen MR) is 87.9 cm³/mol. The third-order valence-corrected chi connectivity index (χ3v) is 4.86. The summed E-state index contributed by atoms with van der Waals surface area (Å²) >= 11 is 0. The lowest BCUT2D eigenvalue weighted by molar-refractivity contribution is -0.124. The number of ketones is 1. The molecule has 2 saturated carbocycles. The van der Waals surface area contributed by atoms with Crippen molar-refractivity contribution in [1.29, 1.82) is 0 Å². The molecule has 0 spiro atoms. The molecule has 2 aliphatic rings. The van der Waals surface area contributed by atoms with E-state index in [0.29, 0.717) is 5.78 Å². The second kappa shape index (κ2) is 6.02. The lowest BCUT2D eigenvalue weighted by atomic mass is 9.82. The summed E-state index contributed by atoms with van der Waals surface area (Å²) < 4.78 is 0. The maximum atomic E-state index is 12.5. The van der Waals surface area contributed by atoms with Crippen molar-refractivity contribution >= 4 is 5.78 Å². The van der Waals surface area contributed by atoms with Gasteiger partial charge in [0.15, 0.2) is 5.78 Å². The van der Waals surface area contributed by atoms with Gasteiger partial charge in [-0.2, -0.15) is 0 Å². The highest BCUT2D eigenvalue weighted by Crippen LogP contribution is 2.35. The van der Waals surface area contributed by atoms with Crippen molar-refractivity contribution in [2.45, 2.75) is 84.2 Å². The molecule has 0 bridgehead atoms. The number of Topliss-reactive ketones (excluding diaryl/α,β-unsaturated/α-hetero) is 1. The number of rotatable bonds is 6. The summed E-state index contributed by atoms with van der Waals surface area (Å²) in [4.78, 5) is 12.5. The van der Waals surface area contributed by atoms with Gasteiger partial charge >= 0.3 is 0 Å². The summed E-state index contributed by atoms with van der Waals surface area (Å²) in [5.74, 6) is 1.45. The Morgan fingerprint density at radius 1 is 1.19 bits per heavy atom. The van der Waals surface area contributed by atoms with E-state index in [-0.39, 0.29) is 22.9 Å². The number of nitrogens with one attached hydrogen (secondary N) is 2. The minimum Gasteiger partial charge on any atom is -0.367 e. The van der Waals surface area contributed by atoms with Gasteiger partial charge in [-0.05, 0) is 38.0 Å². The topological polar surface area (TPSA) is 41.1 Å². The third-order valence-electron chi connectivity index (χ3n) is 4.86. The van der Waals surface area contributed by atoms with Crippen LogP contribution in [0.25, 0.3) is 0 Å². The van der Waals surface area contributed by atoms with Crippen molar-refractivity contribution < 1.29 is 4.79 Å². The molecule has 0 radical (unpaired) electrons. The van der Waals surface area contributed by atoms with Gasteiger partial charge in [0.2, 0.25) is 0 Å². The Hall–Kier alpha value is -0.990. The van der Waals surface area contributed by atoms with E-state index in [9.17, 15) is 4.79 Å². The van der Waals surface area contributed by atoms with E-state index in [1.165, 1.54) is 32.1 Å². The van der Waals surface area contributed by atoms with Crippen LogP contribution in [0.4, 0.5) is 0 Å². The molecule has 3 nitrogen and oxygen atoms in total. The molecule has 0 aliphatic heterocycles. The quantitative estimate of drug-likeness (QED) is 0.783. The van der Waals surface area contributed by atoms with E-state index < -0.39 is 0 Å². The molecule has 0 heterocycles. The Morgan fingerprint density at radius 2 is 1.76 bits per heavy atom. The van der Waals surface area contributed by atoms with E-state index in [1.807, 2.05) is 0 Å². The molecular formula is C18H32N2O. The maximum Gasteiger partial charge on any atom is 0.158 e. The Bertz CT molecular complexity index is 398. The zero-order chi connectivity index (χ0) is 15.7. The minimum absolute atomic E-state index is 0.0856. The zero-order valence-corrected chi connectivity index (χ0v) is 14.2. The summed E-state index contributed by atoms with van der Waals surface area (Å²) in [6.45, 7) is 12.8. The second-order valence-corrected chi connectivity index (χ2v) is 8.34. The molecule has 1 unspecified atom stereocenters. The molecule has 2 fully saturated rings. The van der Waals surface area contributed by atoms with Crippen molar-refractivity contribution in [1.82, 2.24) is 10.6 Å². The first kappa shape index (κ1) is 16.4. The molecule has 0 aromatic carbocycles. The highest BCUT2D eigenvalue weighted by Gasteiger charge is 2.40.